The van der Waals surface area contributed by atoms with E-state index in [1.54, 1.807) is 60.7 Å². The van der Waals surface area contributed by atoms with Gasteiger partial charge in [-0.25, -0.2) is 8.42 Å². The molecule has 0 saturated carbocycles. The average molecular weight is 591 g/mol. The fraction of sp³-hybridized carbons (Fsp3) is 0.310. The molecule has 3 rings (SSSR count). The summed E-state index contributed by atoms with van der Waals surface area (Å²) in [7, 11) is -4.16. The molecule has 0 spiro atoms. The van der Waals surface area contributed by atoms with Crippen molar-refractivity contribution in [2.24, 2.45) is 0 Å². The summed E-state index contributed by atoms with van der Waals surface area (Å²) >= 11 is 12.6. The number of carbonyl (C=O) groups excluding carboxylic acids is 2. The molecular formula is C29H33Cl2N3O4S. The molecule has 208 valence electrons. The highest BCUT2D eigenvalue weighted by Crippen LogP contribution is 2.27. The van der Waals surface area contributed by atoms with Gasteiger partial charge in [0, 0.05) is 22.6 Å². The van der Waals surface area contributed by atoms with Crippen LogP contribution in [0.15, 0.2) is 83.8 Å². The lowest BCUT2D eigenvalue weighted by Crippen LogP contribution is -2.53. The van der Waals surface area contributed by atoms with Crippen molar-refractivity contribution in [1.82, 2.24) is 10.2 Å². The maximum absolute atomic E-state index is 14.0. The van der Waals surface area contributed by atoms with Crippen LogP contribution in [0.1, 0.15) is 39.2 Å². The summed E-state index contributed by atoms with van der Waals surface area (Å²) in [5.74, 6) is -0.868. The van der Waals surface area contributed by atoms with Crippen molar-refractivity contribution < 1.29 is 18.0 Å². The molecule has 0 heterocycles. The first-order chi connectivity index (χ1) is 18.6. The average Bonchev–Trinajstić information content (AvgIpc) is 2.92. The molecule has 2 amide bonds. The fourth-order valence-electron chi connectivity index (χ4n) is 4.05. The number of rotatable bonds is 12. The van der Waals surface area contributed by atoms with E-state index >= 15 is 0 Å². The lowest BCUT2D eigenvalue weighted by Gasteiger charge is -2.34. The number of benzene rings is 3. The Morgan fingerprint density at radius 1 is 0.897 bits per heavy atom. The number of nitrogens with one attached hydrogen (secondary N) is 1. The maximum atomic E-state index is 14.0. The van der Waals surface area contributed by atoms with Gasteiger partial charge < -0.3 is 10.2 Å². The normalized spacial score (nSPS) is 12.8. The molecule has 0 aliphatic carbocycles. The molecule has 10 heteroatoms. The van der Waals surface area contributed by atoms with Gasteiger partial charge in [-0.2, -0.15) is 0 Å². The second kappa shape index (κ2) is 13.8. The molecule has 0 radical (unpaired) electrons. The van der Waals surface area contributed by atoms with Crippen LogP contribution in [0.4, 0.5) is 5.69 Å². The lowest BCUT2D eigenvalue weighted by molar-refractivity contribution is -0.140. The third-order valence-corrected chi connectivity index (χ3v) is 8.78. The SMILES string of the molecule is CC[C@@H](C)NC(=O)[C@H](CC)N(Cc1ccccc1Cl)C(=O)CN(c1cccc(Cl)c1)S(=O)(=O)c1ccccc1. The molecule has 0 aliphatic heterocycles. The highest BCUT2D eigenvalue weighted by atomic mass is 35.5. The van der Waals surface area contributed by atoms with Crippen LogP contribution in [0.2, 0.25) is 10.0 Å². The van der Waals surface area contributed by atoms with E-state index in [0.29, 0.717) is 22.0 Å². The monoisotopic (exact) mass is 589 g/mol. The predicted molar refractivity (Wildman–Crippen MR) is 156 cm³/mol. The summed E-state index contributed by atoms with van der Waals surface area (Å²) in [4.78, 5) is 28.8. The van der Waals surface area contributed by atoms with Crippen LogP contribution in [-0.4, -0.2) is 43.8 Å². The van der Waals surface area contributed by atoms with E-state index in [1.165, 1.54) is 23.1 Å². The Morgan fingerprint density at radius 2 is 1.56 bits per heavy atom. The minimum absolute atomic E-state index is 0.0250. The van der Waals surface area contributed by atoms with Gasteiger partial charge in [-0.05, 0) is 61.7 Å². The van der Waals surface area contributed by atoms with Crippen LogP contribution in [0, 0.1) is 0 Å². The molecule has 0 fully saturated rings. The Bertz CT molecular complexity index is 1390. The summed E-state index contributed by atoms with van der Waals surface area (Å²) in [5.41, 5.74) is 0.872. The third kappa shape index (κ3) is 7.75. The highest BCUT2D eigenvalue weighted by molar-refractivity contribution is 7.92. The molecule has 3 aromatic rings. The molecule has 0 unspecified atom stereocenters. The van der Waals surface area contributed by atoms with E-state index in [4.69, 9.17) is 23.2 Å². The van der Waals surface area contributed by atoms with Gasteiger partial charge >= 0.3 is 0 Å². The quantitative estimate of drug-likeness (QED) is 0.284. The van der Waals surface area contributed by atoms with Crippen molar-refractivity contribution in [3.63, 3.8) is 0 Å². The number of hydrogen-bond acceptors (Lipinski definition) is 4. The van der Waals surface area contributed by atoms with Crippen molar-refractivity contribution in [2.75, 3.05) is 10.8 Å². The number of hydrogen-bond donors (Lipinski definition) is 1. The molecule has 1 N–H and O–H groups in total. The van der Waals surface area contributed by atoms with Crippen molar-refractivity contribution in [3.05, 3.63) is 94.5 Å². The minimum atomic E-state index is -4.16. The summed E-state index contributed by atoms with van der Waals surface area (Å²) < 4.78 is 28.6. The minimum Gasteiger partial charge on any atom is -0.352 e. The van der Waals surface area contributed by atoms with Gasteiger partial charge in [0.2, 0.25) is 11.8 Å². The van der Waals surface area contributed by atoms with Gasteiger partial charge in [-0.3, -0.25) is 13.9 Å². The molecule has 0 aliphatic rings. The molecule has 0 saturated heterocycles. The molecule has 39 heavy (non-hydrogen) atoms. The largest absolute Gasteiger partial charge is 0.352 e. The predicted octanol–water partition coefficient (Wildman–Crippen LogP) is 5.91. The summed E-state index contributed by atoms with van der Waals surface area (Å²) in [6.07, 6.45) is 1.04. The van der Waals surface area contributed by atoms with Crippen molar-refractivity contribution in [2.45, 2.75) is 57.1 Å². The standard InChI is InChI=1S/C29H33Cl2N3O4S/c1-4-21(3)32-29(36)27(5-2)33(19-22-12-9-10-17-26(22)31)28(35)20-34(24-14-11-13-23(30)18-24)39(37,38)25-15-7-6-8-16-25/h6-18,21,27H,4-5,19-20H2,1-3H3,(H,32,36)/t21-,27+/m1/s1. The molecule has 7 nitrogen and oxygen atoms in total. The Kier molecular flexibility index (Phi) is 10.8. The van der Waals surface area contributed by atoms with Crippen LogP contribution in [0.25, 0.3) is 0 Å². The van der Waals surface area contributed by atoms with Gasteiger partial charge in [0.15, 0.2) is 0 Å². The number of amides is 2. The van der Waals surface area contributed by atoms with Crippen LogP contribution < -0.4 is 9.62 Å². The molecule has 2 atom stereocenters. The summed E-state index contributed by atoms with van der Waals surface area (Å²) in [6.45, 7) is 5.13. The zero-order chi connectivity index (χ0) is 28.6. The third-order valence-electron chi connectivity index (χ3n) is 6.39. The Balaban J connectivity index is 2.06. The Labute approximate surface area is 240 Å². The molecule has 0 bridgehead atoms. The Morgan fingerprint density at radius 3 is 2.18 bits per heavy atom. The topological polar surface area (TPSA) is 86.8 Å². The number of halogens is 2. The fourth-order valence-corrected chi connectivity index (χ4v) is 5.86. The van der Waals surface area contributed by atoms with Gasteiger partial charge in [-0.1, -0.05) is 79.5 Å². The highest BCUT2D eigenvalue weighted by Gasteiger charge is 2.34. The maximum Gasteiger partial charge on any atom is 0.264 e. The summed E-state index contributed by atoms with van der Waals surface area (Å²) in [5, 5.41) is 3.71. The van der Waals surface area contributed by atoms with E-state index in [2.05, 4.69) is 5.32 Å². The van der Waals surface area contributed by atoms with Crippen LogP contribution in [0.3, 0.4) is 0 Å². The zero-order valence-electron chi connectivity index (χ0n) is 22.2. The molecule has 3 aromatic carbocycles. The van der Waals surface area contributed by atoms with Crippen LogP contribution in [-0.2, 0) is 26.2 Å². The van der Waals surface area contributed by atoms with E-state index in [9.17, 15) is 18.0 Å². The second-order valence-electron chi connectivity index (χ2n) is 9.16. The van der Waals surface area contributed by atoms with Crippen LogP contribution >= 0.6 is 23.2 Å². The van der Waals surface area contributed by atoms with E-state index in [-0.39, 0.29) is 29.1 Å². The molecule has 0 aromatic heterocycles. The van der Waals surface area contributed by atoms with Crippen LogP contribution in [0.5, 0.6) is 0 Å². The summed E-state index contributed by atoms with van der Waals surface area (Å²) in [6, 6.07) is 20.3. The van der Waals surface area contributed by atoms with Gasteiger partial charge in [-0.15, -0.1) is 0 Å². The molecular weight excluding hydrogens is 557 g/mol. The van der Waals surface area contributed by atoms with E-state index in [0.717, 1.165) is 10.7 Å². The number of nitrogens with zero attached hydrogens (tertiary/aromatic N) is 2. The van der Waals surface area contributed by atoms with Gasteiger partial charge in [0.05, 0.1) is 10.6 Å². The van der Waals surface area contributed by atoms with Gasteiger partial charge in [0.25, 0.3) is 10.0 Å². The Hall–Kier alpha value is -3.07. The van der Waals surface area contributed by atoms with Gasteiger partial charge in [0.1, 0.15) is 12.6 Å². The number of anilines is 1. The second-order valence-corrected chi connectivity index (χ2v) is 11.9. The smallest absolute Gasteiger partial charge is 0.264 e. The first-order valence-electron chi connectivity index (χ1n) is 12.7. The van der Waals surface area contributed by atoms with E-state index in [1.807, 2.05) is 20.8 Å². The zero-order valence-corrected chi connectivity index (χ0v) is 24.5. The number of carbonyl (C=O) groups is 2. The van der Waals surface area contributed by atoms with Crippen molar-refractivity contribution in [3.8, 4) is 0 Å². The van der Waals surface area contributed by atoms with Crippen molar-refractivity contribution >= 4 is 50.7 Å². The van der Waals surface area contributed by atoms with Crippen molar-refractivity contribution in [1.29, 1.82) is 0 Å². The lowest BCUT2D eigenvalue weighted by atomic mass is 10.1. The first kappa shape index (κ1) is 30.5. The first-order valence-corrected chi connectivity index (χ1v) is 14.9. The number of sulfonamides is 1. The van der Waals surface area contributed by atoms with E-state index < -0.39 is 28.5 Å².